The average molecular weight is 255 g/mol. The second kappa shape index (κ2) is 5.39. The summed E-state index contributed by atoms with van der Waals surface area (Å²) in [4.78, 5) is 24.6. The maximum Gasteiger partial charge on any atom is 0.410 e. The number of rotatable bonds is 3. The van der Waals surface area contributed by atoms with Crippen molar-refractivity contribution in [3.63, 3.8) is 0 Å². The van der Waals surface area contributed by atoms with Crippen LogP contribution in [-0.2, 0) is 14.3 Å². The van der Waals surface area contributed by atoms with Gasteiger partial charge in [0, 0.05) is 12.5 Å². The molecule has 0 aliphatic carbocycles. The highest BCUT2D eigenvalue weighted by Crippen LogP contribution is 2.34. The van der Waals surface area contributed by atoms with E-state index in [1.165, 1.54) is 6.08 Å². The minimum absolute atomic E-state index is 0.132. The van der Waals surface area contributed by atoms with Crippen LogP contribution in [0.15, 0.2) is 12.7 Å². The normalized spacial score (nSPS) is 30.7. The molecule has 18 heavy (non-hydrogen) atoms. The summed E-state index contributed by atoms with van der Waals surface area (Å²) in [6.45, 7) is 4.83. The molecule has 2 fully saturated rings. The predicted molar refractivity (Wildman–Crippen MR) is 62.1 cm³/mol. The van der Waals surface area contributed by atoms with Gasteiger partial charge in [-0.15, -0.1) is 0 Å². The Bertz CT molecular complexity index is 356. The van der Waals surface area contributed by atoms with E-state index in [2.05, 4.69) is 6.58 Å². The monoisotopic (exact) mass is 255 g/mol. The van der Waals surface area contributed by atoms with E-state index >= 15 is 0 Å². The summed E-state index contributed by atoms with van der Waals surface area (Å²) in [5, 5.41) is 9.15. The van der Waals surface area contributed by atoms with Crippen molar-refractivity contribution in [2.75, 3.05) is 26.4 Å². The number of likely N-dealkylation sites (tertiary alicyclic amines) is 1. The number of ether oxygens (including phenoxy) is 2. The summed E-state index contributed by atoms with van der Waals surface area (Å²) in [7, 11) is 0. The third kappa shape index (κ3) is 2.33. The van der Waals surface area contributed by atoms with Crippen molar-refractivity contribution in [1.29, 1.82) is 0 Å². The van der Waals surface area contributed by atoms with Gasteiger partial charge in [-0.3, -0.25) is 4.79 Å². The SMILES string of the molecule is C=CCOC(=O)N1CCC(C(=O)O)[C@@H]2COC[C@H]21. The number of hydrogen-bond donors (Lipinski definition) is 1. The first kappa shape index (κ1) is 12.9. The van der Waals surface area contributed by atoms with Gasteiger partial charge in [-0.1, -0.05) is 12.7 Å². The van der Waals surface area contributed by atoms with Crippen molar-refractivity contribution in [3.05, 3.63) is 12.7 Å². The lowest BCUT2D eigenvalue weighted by Crippen LogP contribution is -2.53. The molecule has 1 unspecified atom stereocenters. The van der Waals surface area contributed by atoms with Crippen LogP contribution < -0.4 is 0 Å². The number of carboxylic acid groups (broad SMARTS) is 1. The van der Waals surface area contributed by atoms with E-state index in [1.54, 1.807) is 4.90 Å². The lowest BCUT2D eigenvalue weighted by molar-refractivity contribution is -0.146. The van der Waals surface area contributed by atoms with Crippen LogP contribution in [-0.4, -0.2) is 54.5 Å². The summed E-state index contributed by atoms with van der Waals surface area (Å²) >= 11 is 0. The molecule has 2 heterocycles. The lowest BCUT2D eigenvalue weighted by Gasteiger charge is -2.38. The number of aliphatic carboxylic acids is 1. The Balaban J connectivity index is 2.05. The van der Waals surface area contributed by atoms with Crippen molar-refractivity contribution in [3.8, 4) is 0 Å². The van der Waals surface area contributed by atoms with E-state index in [9.17, 15) is 9.59 Å². The Hall–Kier alpha value is -1.56. The summed E-state index contributed by atoms with van der Waals surface area (Å²) in [5.74, 6) is -1.37. The van der Waals surface area contributed by atoms with Gasteiger partial charge in [-0.05, 0) is 6.42 Å². The van der Waals surface area contributed by atoms with E-state index in [0.717, 1.165) is 0 Å². The highest BCUT2D eigenvalue weighted by molar-refractivity contribution is 5.73. The largest absolute Gasteiger partial charge is 0.481 e. The molecule has 6 heteroatoms. The Morgan fingerprint density at radius 1 is 1.50 bits per heavy atom. The lowest BCUT2D eigenvalue weighted by atomic mass is 9.82. The van der Waals surface area contributed by atoms with Gasteiger partial charge in [0.25, 0.3) is 0 Å². The quantitative estimate of drug-likeness (QED) is 0.752. The molecule has 0 aromatic rings. The fourth-order valence-electron chi connectivity index (χ4n) is 2.67. The average Bonchev–Trinajstić information content (AvgIpc) is 2.83. The van der Waals surface area contributed by atoms with E-state index in [1.807, 2.05) is 0 Å². The molecule has 0 aromatic heterocycles. The molecule has 0 bridgehead atoms. The molecule has 0 radical (unpaired) electrons. The highest BCUT2D eigenvalue weighted by atomic mass is 16.6. The first-order valence-electron chi connectivity index (χ1n) is 6.00. The van der Waals surface area contributed by atoms with E-state index in [4.69, 9.17) is 14.6 Å². The van der Waals surface area contributed by atoms with Gasteiger partial charge in [0.15, 0.2) is 0 Å². The van der Waals surface area contributed by atoms with Gasteiger partial charge in [0.1, 0.15) is 6.61 Å². The van der Waals surface area contributed by atoms with Gasteiger partial charge in [0.05, 0.1) is 25.2 Å². The van der Waals surface area contributed by atoms with Crippen LogP contribution in [0.2, 0.25) is 0 Å². The van der Waals surface area contributed by atoms with Crippen LogP contribution in [0.25, 0.3) is 0 Å². The zero-order valence-electron chi connectivity index (χ0n) is 10.1. The molecule has 2 aliphatic rings. The summed E-state index contributed by atoms with van der Waals surface area (Å²) < 4.78 is 10.3. The topological polar surface area (TPSA) is 76.1 Å². The van der Waals surface area contributed by atoms with Crippen LogP contribution in [0, 0.1) is 11.8 Å². The number of piperidine rings is 1. The number of carbonyl (C=O) groups is 2. The number of carboxylic acids is 1. The summed E-state index contributed by atoms with van der Waals surface area (Å²) in [6, 6.07) is -0.183. The molecule has 0 aromatic carbocycles. The van der Waals surface area contributed by atoms with Gasteiger partial charge in [-0.2, -0.15) is 0 Å². The van der Waals surface area contributed by atoms with Crippen molar-refractivity contribution in [2.45, 2.75) is 12.5 Å². The molecule has 6 nitrogen and oxygen atoms in total. The Labute approximate surface area is 105 Å². The molecule has 100 valence electrons. The number of carbonyl (C=O) groups excluding carboxylic acids is 1. The molecule has 1 N–H and O–H groups in total. The van der Waals surface area contributed by atoms with Gasteiger partial charge in [0.2, 0.25) is 0 Å². The van der Waals surface area contributed by atoms with E-state index < -0.39 is 18.0 Å². The number of hydrogen-bond acceptors (Lipinski definition) is 4. The Morgan fingerprint density at radius 3 is 2.94 bits per heavy atom. The van der Waals surface area contributed by atoms with E-state index in [0.29, 0.717) is 26.2 Å². The van der Waals surface area contributed by atoms with Gasteiger partial charge >= 0.3 is 12.1 Å². The fraction of sp³-hybridized carbons (Fsp3) is 0.667. The van der Waals surface area contributed by atoms with E-state index in [-0.39, 0.29) is 18.6 Å². The van der Waals surface area contributed by atoms with Crippen molar-refractivity contribution in [2.24, 2.45) is 11.8 Å². The maximum atomic E-state index is 11.8. The zero-order chi connectivity index (χ0) is 13.1. The predicted octanol–water partition coefficient (Wildman–Crippen LogP) is 0.731. The van der Waals surface area contributed by atoms with Crippen molar-refractivity contribution in [1.82, 2.24) is 4.90 Å². The molecular weight excluding hydrogens is 238 g/mol. The third-order valence-electron chi connectivity index (χ3n) is 3.57. The minimum atomic E-state index is -0.811. The summed E-state index contributed by atoms with van der Waals surface area (Å²) in [6.07, 6.45) is 1.53. The highest BCUT2D eigenvalue weighted by Gasteiger charge is 2.46. The Morgan fingerprint density at radius 2 is 2.28 bits per heavy atom. The van der Waals surface area contributed by atoms with Gasteiger partial charge in [-0.25, -0.2) is 4.79 Å². The molecule has 2 aliphatic heterocycles. The minimum Gasteiger partial charge on any atom is -0.481 e. The number of amides is 1. The van der Waals surface area contributed by atoms with Crippen LogP contribution >= 0.6 is 0 Å². The molecule has 2 rings (SSSR count). The maximum absolute atomic E-state index is 11.8. The zero-order valence-corrected chi connectivity index (χ0v) is 10.1. The molecule has 2 saturated heterocycles. The first-order chi connectivity index (χ1) is 8.65. The standard InChI is InChI=1S/C12H17NO5/c1-2-5-18-12(16)13-4-3-8(11(14)15)9-6-17-7-10(9)13/h2,8-10H,1,3-7H2,(H,14,15)/t8?,9-,10+/m0/s1. The fourth-order valence-corrected chi connectivity index (χ4v) is 2.67. The van der Waals surface area contributed by atoms with Crippen LogP contribution in [0.5, 0.6) is 0 Å². The second-order valence-electron chi connectivity index (χ2n) is 4.56. The van der Waals surface area contributed by atoms with Crippen molar-refractivity contribution >= 4 is 12.1 Å². The molecular formula is C12H17NO5. The molecule has 0 spiro atoms. The van der Waals surface area contributed by atoms with Crippen LogP contribution in [0.4, 0.5) is 4.79 Å². The van der Waals surface area contributed by atoms with Crippen LogP contribution in [0.1, 0.15) is 6.42 Å². The number of fused-ring (bicyclic) bond motifs is 1. The first-order valence-corrected chi connectivity index (χ1v) is 6.00. The van der Waals surface area contributed by atoms with Crippen LogP contribution in [0.3, 0.4) is 0 Å². The molecule has 3 atom stereocenters. The number of nitrogens with zero attached hydrogens (tertiary/aromatic N) is 1. The van der Waals surface area contributed by atoms with Crippen molar-refractivity contribution < 1.29 is 24.2 Å². The third-order valence-corrected chi connectivity index (χ3v) is 3.57. The second-order valence-corrected chi connectivity index (χ2v) is 4.56. The Kier molecular flexibility index (Phi) is 3.86. The summed E-state index contributed by atoms with van der Waals surface area (Å²) in [5.41, 5.74) is 0. The molecule has 0 saturated carbocycles. The molecule has 1 amide bonds. The van der Waals surface area contributed by atoms with Gasteiger partial charge < -0.3 is 19.5 Å². The smallest absolute Gasteiger partial charge is 0.410 e.